The second-order valence-electron chi connectivity index (χ2n) is 2.86. The summed E-state index contributed by atoms with van der Waals surface area (Å²) in [7, 11) is 0. The molecule has 0 heterocycles. The molecule has 0 N–H and O–H groups in total. The molecule has 0 amide bonds. The molecule has 0 aromatic heterocycles. The maximum Gasteiger partial charge on any atom is 1.00 e. The average molecular weight is 258 g/mol. The normalized spacial score (nSPS) is 10.5. The van der Waals surface area contributed by atoms with Crippen LogP contribution in [0.3, 0.4) is 0 Å². The Morgan fingerprint density at radius 2 is 1.94 bits per heavy atom. The molecule has 0 unspecified atom stereocenters. The molecule has 0 aliphatic rings. The van der Waals surface area contributed by atoms with Crippen LogP contribution >= 0.6 is 0 Å². The molecule has 0 radical (unpaired) electrons. The van der Waals surface area contributed by atoms with E-state index in [1.165, 1.54) is 6.08 Å². The minimum absolute atomic E-state index is 0. The van der Waals surface area contributed by atoms with Crippen molar-refractivity contribution in [3.63, 3.8) is 0 Å². The second-order valence-corrected chi connectivity index (χ2v) is 2.86. The van der Waals surface area contributed by atoms with E-state index in [0.29, 0.717) is 12.1 Å². The first kappa shape index (κ1) is 16.2. The van der Waals surface area contributed by atoms with Crippen molar-refractivity contribution in [3.8, 4) is 5.75 Å². The summed E-state index contributed by atoms with van der Waals surface area (Å²) in [6.45, 7) is -1.86. The van der Waals surface area contributed by atoms with Crippen molar-refractivity contribution in [2.75, 3.05) is 6.61 Å². The van der Waals surface area contributed by atoms with E-state index in [1.807, 2.05) is 0 Å². The van der Waals surface area contributed by atoms with Gasteiger partial charge < -0.3 is 17.7 Å². The van der Waals surface area contributed by atoms with E-state index < -0.39 is 24.0 Å². The SMILES string of the molecule is C=CCOc1cc([B-](F)(F)F)ccc1F.[K+]. The number of rotatable bonds is 4. The molecule has 1 nitrogen and oxygen atoms in total. The van der Waals surface area contributed by atoms with Crippen molar-refractivity contribution in [2.24, 2.45) is 0 Å². The van der Waals surface area contributed by atoms with Crippen LogP contribution in [0.2, 0.25) is 0 Å². The predicted octanol–water partition coefficient (Wildman–Crippen LogP) is -0.551. The van der Waals surface area contributed by atoms with Crippen molar-refractivity contribution in [2.45, 2.75) is 0 Å². The summed E-state index contributed by atoms with van der Waals surface area (Å²) >= 11 is 0. The maximum absolute atomic E-state index is 13.0. The Hall–Kier alpha value is 0.181. The topological polar surface area (TPSA) is 9.23 Å². The molecule has 0 saturated heterocycles. The van der Waals surface area contributed by atoms with Gasteiger partial charge in [0.2, 0.25) is 0 Å². The fourth-order valence-electron chi connectivity index (χ4n) is 0.983. The van der Waals surface area contributed by atoms with E-state index in [-0.39, 0.29) is 58.0 Å². The first-order valence-corrected chi connectivity index (χ1v) is 4.18. The van der Waals surface area contributed by atoms with Crippen LogP contribution < -0.4 is 61.6 Å². The van der Waals surface area contributed by atoms with E-state index in [1.54, 1.807) is 0 Å². The van der Waals surface area contributed by atoms with Gasteiger partial charge in [0, 0.05) is 0 Å². The Morgan fingerprint density at radius 1 is 1.31 bits per heavy atom. The molecule has 82 valence electrons. The summed E-state index contributed by atoms with van der Waals surface area (Å²) in [5.41, 5.74) is -0.879. The van der Waals surface area contributed by atoms with E-state index >= 15 is 0 Å². The molecule has 1 rings (SSSR count). The van der Waals surface area contributed by atoms with Gasteiger partial charge in [-0.15, -0.1) is 5.46 Å². The van der Waals surface area contributed by atoms with E-state index in [0.717, 1.165) is 6.07 Å². The summed E-state index contributed by atoms with van der Waals surface area (Å²) < 4.78 is 54.6. The van der Waals surface area contributed by atoms with Gasteiger partial charge in [-0.3, -0.25) is 0 Å². The molecule has 1 aromatic carbocycles. The van der Waals surface area contributed by atoms with Gasteiger partial charge in [0.15, 0.2) is 11.6 Å². The van der Waals surface area contributed by atoms with Crippen LogP contribution in [0.25, 0.3) is 0 Å². The Kier molecular flexibility index (Phi) is 6.88. The Labute approximate surface area is 133 Å². The Bertz CT molecular complexity index is 367. The summed E-state index contributed by atoms with van der Waals surface area (Å²) in [5, 5.41) is 0. The summed E-state index contributed by atoms with van der Waals surface area (Å²) in [6.07, 6.45) is 1.32. The van der Waals surface area contributed by atoms with Crippen molar-refractivity contribution in [3.05, 3.63) is 36.7 Å². The number of benzene rings is 1. The van der Waals surface area contributed by atoms with Crippen LogP contribution in [-0.4, -0.2) is 13.6 Å². The molecule has 0 bridgehead atoms. The third kappa shape index (κ3) is 4.59. The number of ether oxygens (including phenoxy) is 1. The van der Waals surface area contributed by atoms with Gasteiger partial charge in [0.25, 0.3) is 0 Å². The molecule has 7 heteroatoms. The summed E-state index contributed by atoms with van der Waals surface area (Å²) in [5.74, 6) is -1.23. The molecule has 1 aromatic rings. The van der Waals surface area contributed by atoms with Gasteiger partial charge >= 0.3 is 58.4 Å². The summed E-state index contributed by atoms with van der Waals surface area (Å²) in [6, 6.07) is 2.08. The van der Waals surface area contributed by atoms with Crippen LogP contribution in [0.5, 0.6) is 5.75 Å². The average Bonchev–Trinajstić information content (AvgIpc) is 2.15. The zero-order chi connectivity index (χ0) is 11.5. The molecular formula is C9H8BF4KO. The molecule has 0 aliphatic heterocycles. The monoisotopic (exact) mass is 258 g/mol. The molecule has 0 saturated carbocycles. The van der Waals surface area contributed by atoms with Gasteiger partial charge in [-0.25, -0.2) is 4.39 Å². The molecule has 0 atom stereocenters. The van der Waals surface area contributed by atoms with Gasteiger partial charge in [0.1, 0.15) is 6.61 Å². The van der Waals surface area contributed by atoms with Gasteiger partial charge in [-0.05, 0) is 12.1 Å². The maximum atomic E-state index is 13.0. The molecule has 0 spiro atoms. The van der Waals surface area contributed by atoms with Gasteiger partial charge in [-0.2, -0.15) is 0 Å². The van der Waals surface area contributed by atoms with Crippen molar-refractivity contribution >= 4 is 12.4 Å². The van der Waals surface area contributed by atoms with Crippen LogP contribution in [0.1, 0.15) is 0 Å². The van der Waals surface area contributed by atoms with Crippen LogP contribution in [-0.2, 0) is 0 Å². The largest absolute Gasteiger partial charge is 1.00 e. The minimum Gasteiger partial charge on any atom is -0.487 e. The van der Waals surface area contributed by atoms with Crippen LogP contribution in [0.4, 0.5) is 17.3 Å². The molecule has 0 fully saturated rings. The smallest absolute Gasteiger partial charge is 0.487 e. The second kappa shape index (κ2) is 6.81. The zero-order valence-electron chi connectivity index (χ0n) is 8.72. The number of hydrogen-bond donors (Lipinski definition) is 0. The standard InChI is InChI=1S/C9H8BF4O.K/c1-2-5-15-9-6-7(10(12,13)14)3-4-8(9)11;/h2-4,6H,1,5H2;/q-1;+1. The van der Waals surface area contributed by atoms with Crippen molar-refractivity contribution in [1.29, 1.82) is 0 Å². The quantitative estimate of drug-likeness (QED) is 0.400. The van der Waals surface area contributed by atoms with Gasteiger partial charge in [-0.1, -0.05) is 18.7 Å². The van der Waals surface area contributed by atoms with E-state index in [2.05, 4.69) is 6.58 Å². The van der Waals surface area contributed by atoms with E-state index in [9.17, 15) is 17.3 Å². The third-order valence-corrected chi connectivity index (χ3v) is 1.69. The summed E-state index contributed by atoms with van der Waals surface area (Å²) in [4.78, 5) is 0. The number of halogens is 4. The van der Waals surface area contributed by atoms with E-state index in [4.69, 9.17) is 4.74 Å². The zero-order valence-corrected chi connectivity index (χ0v) is 11.8. The van der Waals surface area contributed by atoms with Crippen molar-refractivity contribution < 1.29 is 73.5 Å². The fourth-order valence-corrected chi connectivity index (χ4v) is 0.983. The number of hydrogen-bond acceptors (Lipinski definition) is 1. The first-order valence-electron chi connectivity index (χ1n) is 4.18. The molecular weight excluding hydrogens is 250 g/mol. The van der Waals surface area contributed by atoms with Gasteiger partial charge in [0.05, 0.1) is 0 Å². The van der Waals surface area contributed by atoms with Crippen molar-refractivity contribution in [1.82, 2.24) is 0 Å². The predicted molar refractivity (Wildman–Crippen MR) is 50.8 cm³/mol. The molecule has 16 heavy (non-hydrogen) atoms. The fraction of sp³-hybridized carbons (Fsp3) is 0.111. The first-order chi connectivity index (χ1) is 6.95. The Balaban J connectivity index is 0.00000225. The van der Waals surface area contributed by atoms with Crippen LogP contribution in [0.15, 0.2) is 30.9 Å². The minimum atomic E-state index is -5.13. The molecule has 0 aliphatic carbocycles. The van der Waals surface area contributed by atoms with Crippen LogP contribution in [0, 0.1) is 5.82 Å². The Morgan fingerprint density at radius 3 is 2.44 bits per heavy atom. The third-order valence-electron chi connectivity index (χ3n) is 1.69.